The highest BCUT2D eigenvalue weighted by Gasteiger charge is 2.15. The van der Waals surface area contributed by atoms with Crippen molar-refractivity contribution >= 4 is 45.8 Å². The first-order chi connectivity index (χ1) is 13.3. The number of aromatic nitrogens is 2. The van der Waals surface area contributed by atoms with Crippen LogP contribution in [0.3, 0.4) is 0 Å². The number of hydrogen-bond donors (Lipinski definition) is 1. The van der Waals surface area contributed by atoms with E-state index in [2.05, 4.69) is 24.1 Å². The summed E-state index contributed by atoms with van der Waals surface area (Å²) in [5, 5.41) is 3.31. The molecule has 3 rings (SSSR count). The van der Waals surface area contributed by atoms with Gasteiger partial charge in [-0.05, 0) is 41.7 Å². The van der Waals surface area contributed by atoms with Crippen molar-refractivity contribution in [2.45, 2.75) is 26.8 Å². The number of thiazole rings is 1. The second-order valence-electron chi connectivity index (χ2n) is 6.63. The zero-order valence-electron chi connectivity index (χ0n) is 15.2. The lowest BCUT2D eigenvalue weighted by Crippen LogP contribution is -2.18. The molecule has 0 fully saturated rings. The lowest BCUT2D eigenvalue weighted by Gasteiger charge is -2.11. The number of anilines is 1. The van der Waals surface area contributed by atoms with Crippen LogP contribution in [0.15, 0.2) is 36.7 Å². The number of nitrogens with one attached hydrogen (secondary N) is 1. The van der Waals surface area contributed by atoms with Gasteiger partial charge in [0, 0.05) is 17.3 Å². The van der Waals surface area contributed by atoms with Gasteiger partial charge in [-0.2, -0.15) is 0 Å². The summed E-state index contributed by atoms with van der Waals surface area (Å²) in [5.74, 6) is 0.374. The first kappa shape index (κ1) is 20.6. The Balaban J connectivity index is 1.82. The predicted octanol–water partition coefficient (Wildman–Crippen LogP) is 6.25. The van der Waals surface area contributed by atoms with Crippen LogP contribution in [0.25, 0.3) is 0 Å². The topological polar surface area (TPSA) is 56.1 Å². The Morgan fingerprint density at radius 2 is 2.14 bits per heavy atom. The van der Waals surface area contributed by atoms with E-state index in [9.17, 15) is 9.18 Å². The van der Waals surface area contributed by atoms with Crippen molar-refractivity contribution in [2.75, 3.05) is 5.32 Å². The van der Waals surface area contributed by atoms with Gasteiger partial charge >= 0.3 is 6.09 Å². The van der Waals surface area contributed by atoms with Crippen molar-refractivity contribution in [3.05, 3.63) is 63.0 Å². The fraction of sp³-hybridized carbons (Fsp3) is 0.263. The molecule has 148 valence electrons. The Morgan fingerprint density at radius 3 is 2.82 bits per heavy atom. The average molecular weight is 442 g/mol. The van der Waals surface area contributed by atoms with Crippen molar-refractivity contribution in [3.8, 4) is 5.88 Å². The smallest absolute Gasteiger partial charge is 0.393 e. The highest BCUT2D eigenvalue weighted by atomic mass is 35.5. The summed E-state index contributed by atoms with van der Waals surface area (Å²) in [6.45, 7) is 4.46. The molecule has 0 saturated heterocycles. The van der Waals surface area contributed by atoms with Gasteiger partial charge in [-0.25, -0.2) is 14.2 Å². The van der Waals surface area contributed by atoms with E-state index in [1.807, 2.05) is 6.20 Å². The summed E-state index contributed by atoms with van der Waals surface area (Å²) in [5.41, 5.74) is 1.59. The van der Waals surface area contributed by atoms with E-state index < -0.39 is 6.09 Å². The minimum Gasteiger partial charge on any atom is -0.393 e. The van der Waals surface area contributed by atoms with Gasteiger partial charge in [-0.1, -0.05) is 48.4 Å². The summed E-state index contributed by atoms with van der Waals surface area (Å²) in [7, 11) is 0. The fourth-order valence-electron chi connectivity index (χ4n) is 2.71. The molecule has 3 aromatic rings. The van der Waals surface area contributed by atoms with Crippen LogP contribution in [0.4, 0.5) is 14.3 Å². The molecule has 0 atom stereocenters. The summed E-state index contributed by atoms with van der Waals surface area (Å²) < 4.78 is 21.3. The van der Waals surface area contributed by atoms with Crippen molar-refractivity contribution in [1.82, 2.24) is 9.55 Å². The maximum Gasteiger partial charge on any atom is 0.420 e. The molecule has 1 N–H and O–H groups in total. The molecule has 28 heavy (non-hydrogen) atoms. The molecule has 0 saturated carbocycles. The molecule has 0 aliphatic carbocycles. The Bertz CT molecular complexity index is 987. The van der Waals surface area contributed by atoms with Crippen molar-refractivity contribution in [1.29, 1.82) is 0 Å². The molecule has 1 amide bonds. The van der Waals surface area contributed by atoms with Gasteiger partial charge < -0.3 is 9.30 Å². The Hall–Kier alpha value is -2.09. The number of benzene rings is 1. The van der Waals surface area contributed by atoms with E-state index in [4.69, 9.17) is 27.9 Å². The maximum atomic E-state index is 13.6. The molecule has 0 bridgehead atoms. The first-order valence-electron chi connectivity index (χ1n) is 8.53. The second kappa shape index (κ2) is 8.94. The Kier molecular flexibility index (Phi) is 6.59. The number of hydrogen-bond acceptors (Lipinski definition) is 4. The van der Waals surface area contributed by atoms with Crippen LogP contribution in [0.1, 0.15) is 25.0 Å². The molecule has 0 radical (unpaired) electrons. The van der Waals surface area contributed by atoms with Crippen LogP contribution in [0.5, 0.6) is 5.88 Å². The van der Waals surface area contributed by atoms with E-state index in [1.54, 1.807) is 10.6 Å². The molecule has 2 heterocycles. The third-order valence-corrected chi connectivity index (χ3v) is 5.19. The third-order valence-electron chi connectivity index (χ3n) is 3.79. The maximum absolute atomic E-state index is 13.6. The Labute approximate surface area is 176 Å². The molecule has 0 aliphatic heterocycles. The van der Waals surface area contributed by atoms with Gasteiger partial charge in [-0.3, -0.25) is 5.32 Å². The number of carbonyl (C=O) groups excluding carboxylic acids is 1. The van der Waals surface area contributed by atoms with Crippen LogP contribution in [0, 0.1) is 11.7 Å². The highest BCUT2D eigenvalue weighted by molar-refractivity contribution is 7.19. The number of rotatable bonds is 6. The normalized spacial score (nSPS) is 11.1. The number of carbonyl (C=O) groups is 1. The number of amides is 1. The van der Waals surface area contributed by atoms with E-state index in [1.165, 1.54) is 24.4 Å². The van der Waals surface area contributed by atoms with Crippen LogP contribution in [-0.4, -0.2) is 15.6 Å². The quantitative estimate of drug-likeness (QED) is 0.491. The van der Waals surface area contributed by atoms with Crippen LogP contribution in [0.2, 0.25) is 9.36 Å². The van der Waals surface area contributed by atoms with E-state index >= 15 is 0 Å². The van der Waals surface area contributed by atoms with Crippen molar-refractivity contribution in [3.63, 3.8) is 0 Å². The lowest BCUT2D eigenvalue weighted by molar-refractivity contribution is 0.211. The monoisotopic (exact) mass is 441 g/mol. The van der Waals surface area contributed by atoms with Gasteiger partial charge in [0.15, 0.2) is 5.13 Å². The van der Waals surface area contributed by atoms with Crippen LogP contribution >= 0.6 is 34.5 Å². The second-order valence-corrected chi connectivity index (χ2v) is 8.70. The summed E-state index contributed by atoms with van der Waals surface area (Å²) in [4.78, 5) is 16.2. The SMILES string of the molecule is CC(C)Cc1cc(OC(=O)Nc2ncc(Cl)s2)n(Cc2cc(F)ccc2Cl)c1. The standard InChI is InChI=1S/C19H18Cl2FN3O2S/c1-11(2)5-12-6-17(27-19(26)24-18-23-8-16(21)28-18)25(9-12)10-13-7-14(22)3-4-15(13)20/h3-4,6-9,11H,5,10H2,1-2H3,(H,23,24,26). The fourth-order valence-corrected chi connectivity index (χ4v) is 3.68. The number of ether oxygens (including phenoxy) is 1. The summed E-state index contributed by atoms with van der Waals surface area (Å²) >= 11 is 13.1. The number of nitrogens with zero attached hydrogens (tertiary/aromatic N) is 2. The third kappa shape index (κ3) is 5.47. The number of halogens is 3. The average Bonchev–Trinajstić information content (AvgIpc) is 3.16. The van der Waals surface area contributed by atoms with E-state index in [0.717, 1.165) is 23.3 Å². The Morgan fingerprint density at radius 1 is 1.36 bits per heavy atom. The van der Waals surface area contributed by atoms with Gasteiger partial charge in [-0.15, -0.1) is 0 Å². The van der Waals surface area contributed by atoms with Gasteiger partial charge in [0.25, 0.3) is 0 Å². The molecular weight excluding hydrogens is 424 g/mol. The van der Waals surface area contributed by atoms with Gasteiger partial charge in [0.2, 0.25) is 5.88 Å². The lowest BCUT2D eigenvalue weighted by atomic mass is 10.1. The van der Waals surface area contributed by atoms with E-state index in [0.29, 0.717) is 31.9 Å². The largest absolute Gasteiger partial charge is 0.420 e. The molecule has 9 heteroatoms. The molecule has 0 aliphatic rings. The van der Waals surface area contributed by atoms with E-state index in [-0.39, 0.29) is 12.4 Å². The molecular formula is C19H18Cl2FN3O2S. The molecule has 0 unspecified atom stereocenters. The van der Waals surface area contributed by atoms with Crippen molar-refractivity contribution < 1.29 is 13.9 Å². The zero-order chi connectivity index (χ0) is 20.3. The molecule has 2 aromatic heterocycles. The molecule has 1 aromatic carbocycles. The molecule has 5 nitrogen and oxygen atoms in total. The zero-order valence-corrected chi connectivity index (χ0v) is 17.5. The highest BCUT2D eigenvalue weighted by Crippen LogP contribution is 2.26. The molecule has 0 spiro atoms. The predicted molar refractivity (Wildman–Crippen MR) is 110 cm³/mol. The minimum atomic E-state index is -0.688. The van der Waals surface area contributed by atoms with Crippen LogP contribution < -0.4 is 10.1 Å². The van der Waals surface area contributed by atoms with Crippen molar-refractivity contribution in [2.24, 2.45) is 5.92 Å². The summed E-state index contributed by atoms with van der Waals surface area (Å²) in [6, 6.07) is 5.97. The van der Waals surface area contributed by atoms with Crippen LogP contribution in [-0.2, 0) is 13.0 Å². The summed E-state index contributed by atoms with van der Waals surface area (Å²) in [6.07, 6.45) is 3.44. The van der Waals surface area contributed by atoms with Gasteiger partial charge in [0.05, 0.1) is 12.7 Å². The first-order valence-corrected chi connectivity index (χ1v) is 10.1. The minimum absolute atomic E-state index is 0.264. The van der Waals surface area contributed by atoms with Gasteiger partial charge in [0.1, 0.15) is 10.2 Å².